The molecule has 2 fully saturated rings. The molecular weight excluding hydrogens is 204 g/mol. The Labute approximate surface area is 97.1 Å². The van der Waals surface area contributed by atoms with Crippen LogP contribution in [0.5, 0.6) is 0 Å². The molecule has 2 rings (SSSR count). The summed E-state index contributed by atoms with van der Waals surface area (Å²) in [5.41, 5.74) is 0. The molecule has 0 aliphatic carbocycles. The van der Waals surface area contributed by atoms with E-state index in [0.717, 1.165) is 58.5 Å². The molecule has 0 bridgehead atoms. The van der Waals surface area contributed by atoms with Crippen molar-refractivity contribution >= 4 is 5.91 Å². The lowest BCUT2D eigenvalue weighted by atomic mass is 9.96. The van der Waals surface area contributed by atoms with E-state index in [9.17, 15) is 4.79 Å². The first-order valence-electron chi connectivity index (χ1n) is 6.42. The number of piperidine rings is 1. The van der Waals surface area contributed by atoms with Crippen LogP contribution in [0.3, 0.4) is 0 Å². The minimum absolute atomic E-state index is 0.237. The van der Waals surface area contributed by atoms with E-state index in [-0.39, 0.29) is 11.8 Å². The summed E-state index contributed by atoms with van der Waals surface area (Å²) in [4.78, 5) is 11.9. The molecule has 0 unspecified atom stereocenters. The van der Waals surface area contributed by atoms with Crippen molar-refractivity contribution in [3.05, 3.63) is 0 Å². The fraction of sp³-hybridized carbons (Fsp3) is 0.917. The summed E-state index contributed by atoms with van der Waals surface area (Å²) < 4.78 is 5.30. The monoisotopic (exact) mass is 226 g/mol. The van der Waals surface area contributed by atoms with Crippen LogP contribution in [0.15, 0.2) is 0 Å². The molecule has 2 N–H and O–H groups in total. The van der Waals surface area contributed by atoms with E-state index >= 15 is 0 Å². The van der Waals surface area contributed by atoms with Crippen LogP contribution >= 0.6 is 0 Å². The van der Waals surface area contributed by atoms with Crippen molar-refractivity contribution in [1.29, 1.82) is 0 Å². The van der Waals surface area contributed by atoms with Crippen LogP contribution in [0, 0.1) is 11.8 Å². The Kier molecular flexibility index (Phi) is 4.60. The third kappa shape index (κ3) is 3.46. The van der Waals surface area contributed by atoms with E-state index in [2.05, 4.69) is 10.6 Å². The van der Waals surface area contributed by atoms with Crippen LogP contribution in [0.2, 0.25) is 0 Å². The summed E-state index contributed by atoms with van der Waals surface area (Å²) in [6.07, 6.45) is 4.15. The van der Waals surface area contributed by atoms with E-state index in [0.29, 0.717) is 5.92 Å². The summed E-state index contributed by atoms with van der Waals surface area (Å²) in [5, 5.41) is 6.38. The Morgan fingerprint density at radius 3 is 2.56 bits per heavy atom. The number of carbonyl (C=O) groups is 1. The standard InChI is InChI=1S/C12H22N2O2/c15-12(11-1-5-13-6-2-11)14-9-10-3-7-16-8-4-10/h10-11,13H,1-9H2,(H,14,15). The SMILES string of the molecule is O=C(NCC1CCOCC1)C1CCNCC1. The van der Waals surface area contributed by atoms with Crippen molar-refractivity contribution in [1.82, 2.24) is 10.6 Å². The van der Waals surface area contributed by atoms with Crippen molar-refractivity contribution in [2.75, 3.05) is 32.8 Å². The van der Waals surface area contributed by atoms with Crippen molar-refractivity contribution in [3.8, 4) is 0 Å². The van der Waals surface area contributed by atoms with Gasteiger partial charge < -0.3 is 15.4 Å². The largest absolute Gasteiger partial charge is 0.381 e. The highest BCUT2D eigenvalue weighted by Crippen LogP contribution is 2.15. The van der Waals surface area contributed by atoms with Gasteiger partial charge in [-0.1, -0.05) is 0 Å². The number of carbonyl (C=O) groups excluding carboxylic acids is 1. The van der Waals surface area contributed by atoms with Crippen LogP contribution in [0.25, 0.3) is 0 Å². The van der Waals surface area contributed by atoms with Gasteiger partial charge in [-0.15, -0.1) is 0 Å². The molecule has 0 radical (unpaired) electrons. The molecule has 0 atom stereocenters. The molecular formula is C12H22N2O2. The van der Waals surface area contributed by atoms with Gasteiger partial charge in [0.05, 0.1) is 0 Å². The maximum atomic E-state index is 11.9. The second kappa shape index (κ2) is 6.21. The first kappa shape index (κ1) is 11.9. The van der Waals surface area contributed by atoms with Crippen LogP contribution in [-0.4, -0.2) is 38.8 Å². The Hall–Kier alpha value is -0.610. The number of rotatable bonds is 3. The minimum atomic E-state index is 0.237. The van der Waals surface area contributed by atoms with E-state index in [1.807, 2.05) is 0 Å². The fourth-order valence-electron chi connectivity index (χ4n) is 2.42. The molecule has 0 aromatic carbocycles. The topological polar surface area (TPSA) is 50.4 Å². The third-order valence-electron chi connectivity index (χ3n) is 3.62. The van der Waals surface area contributed by atoms with Gasteiger partial charge in [-0.25, -0.2) is 0 Å². The maximum Gasteiger partial charge on any atom is 0.223 e. The first-order valence-corrected chi connectivity index (χ1v) is 6.42. The van der Waals surface area contributed by atoms with Crippen molar-refractivity contribution in [2.24, 2.45) is 11.8 Å². The number of amides is 1. The second-order valence-electron chi connectivity index (χ2n) is 4.83. The Morgan fingerprint density at radius 1 is 1.19 bits per heavy atom. The molecule has 4 heteroatoms. The molecule has 2 aliphatic rings. The van der Waals surface area contributed by atoms with E-state index in [4.69, 9.17) is 4.74 Å². The molecule has 1 amide bonds. The second-order valence-corrected chi connectivity index (χ2v) is 4.83. The zero-order valence-corrected chi connectivity index (χ0v) is 9.84. The average Bonchev–Trinajstić information content (AvgIpc) is 2.38. The Balaban J connectivity index is 1.65. The number of hydrogen-bond donors (Lipinski definition) is 2. The van der Waals surface area contributed by atoms with E-state index in [1.165, 1.54) is 0 Å². The molecule has 0 aromatic heterocycles. The Bertz CT molecular complexity index is 221. The van der Waals surface area contributed by atoms with Gasteiger partial charge in [0.25, 0.3) is 0 Å². The van der Waals surface area contributed by atoms with Crippen molar-refractivity contribution in [3.63, 3.8) is 0 Å². The van der Waals surface area contributed by atoms with Crippen LogP contribution in [0.1, 0.15) is 25.7 Å². The van der Waals surface area contributed by atoms with Gasteiger partial charge in [-0.05, 0) is 44.7 Å². The highest BCUT2D eigenvalue weighted by Gasteiger charge is 2.22. The average molecular weight is 226 g/mol. The summed E-state index contributed by atoms with van der Waals surface area (Å²) in [5.74, 6) is 1.12. The highest BCUT2D eigenvalue weighted by atomic mass is 16.5. The lowest BCUT2D eigenvalue weighted by Gasteiger charge is -2.25. The van der Waals surface area contributed by atoms with Gasteiger partial charge in [0.2, 0.25) is 5.91 Å². The maximum absolute atomic E-state index is 11.9. The lowest BCUT2D eigenvalue weighted by molar-refractivity contribution is -0.126. The van der Waals surface area contributed by atoms with Gasteiger partial charge in [0, 0.05) is 25.7 Å². The quantitative estimate of drug-likeness (QED) is 0.738. The highest BCUT2D eigenvalue weighted by molar-refractivity contribution is 5.78. The first-order chi connectivity index (χ1) is 7.86. The number of hydrogen-bond acceptors (Lipinski definition) is 3. The molecule has 16 heavy (non-hydrogen) atoms. The molecule has 0 aromatic rings. The number of ether oxygens (including phenoxy) is 1. The predicted molar refractivity (Wildman–Crippen MR) is 62.1 cm³/mol. The summed E-state index contributed by atoms with van der Waals surface area (Å²) in [6.45, 7) is 4.51. The number of nitrogens with one attached hydrogen (secondary N) is 2. The Morgan fingerprint density at radius 2 is 1.88 bits per heavy atom. The van der Waals surface area contributed by atoms with E-state index < -0.39 is 0 Å². The zero-order valence-electron chi connectivity index (χ0n) is 9.84. The minimum Gasteiger partial charge on any atom is -0.381 e. The summed E-state index contributed by atoms with van der Waals surface area (Å²) >= 11 is 0. The summed E-state index contributed by atoms with van der Waals surface area (Å²) in [6, 6.07) is 0. The molecule has 4 nitrogen and oxygen atoms in total. The van der Waals surface area contributed by atoms with Gasteiger partial charge in [-0.2, -0.15) is 0 Å². The van der Waals surface area contributed by atoms with Crippen molar-refractivity contribution < 1.29 is 9.53 Å². The summed E-state index contributed by atoms with van der Waals surface area (Å²) in [7, 11) is 0. The van der Waals surface area contributed by atoms with E-state index in [1.54, 1.807) is 0 Å². The molecule has 2 heterocycles. The molecule has 2 aliphatic heterocycles. The fourth-order valence-corrected chi connectivity index (χ4v) is 2.42. The van der Waals surface area contributed by atoms with Crippen molar-refractivity contribution in [2.45, 2.75) is 25.7 Å². The van der Waals surface area contributed by atoms with Crippen LogP contribution < -0.4 is 10.6 Å². The third-order valence-corrected chi connectivity index (χ3v) is 3.62. The normalized spacial score (nSPS) is 24.2. The zero-order chi connectivity index (χ0) is 11.2. The smallest absolute Gasteiger partial charge is 0.223 e. The van der Waals surface area contributed by atoms with Gasteiger partial charge in [0.1, 0.15) is 0 Å². The van der Waals surface area contributed by atoms with Gasteiger partial charge >= 0.3 is 0 Å². The molecule has 0 spiro atoms. The van der Waals surface area contributed by atoms with Gasteiger partial charge in [-0.3, -0.25) is 4.79 Å². The lowest BCUT2D eigenvalue weighted by Crippen LogP contribution is -2.40. The predicted octanol–water partition coefficient (Wildman–Crippen LogP) is 0.529. The van der Waals surface area contributed by atoms with Crippen LogP contribution in [0.4, 0.5) is 0 Å². The van der Waals surface area contributed by atoms with Crippen LogP contribution in [-0.2, 0) is 9.53 Å². The molecule has 0 saturated carbocycles. The molecule has 92 valence electrons. The van der Waals surface area contributed by atoms with Gasteiger partial charge in [0.15, 0.2) is 0 Å². The molecule has 2 saturated heterocycles.